The molecule has 1 heterocycles. The van der Waals surface area contributed by atoms with E-state index in [-0.39, 0.29) is 5.69 Å². The highest BCUT2D eigenvalue weighted by Gasteiger charge is 2.08. The summed E-state index contributed by atoms with van der Waals surface area (Å²) >= 11 is 1.89. The Morgan fingerprint density at radius 1 is 1.71 bits per heavy atom. The molecule has 96 valence electrons. The molecule has 0 saturated carbocycles. The second-order valence-electron chi connectivity index (χ2n) is 3.93. The summed E-state index contributed by atoms with van der Waals surface area (Å²) in [5.41, 5.74) is 2.27. The van der Waals surface area contributed by atoms with Crippen molar-refractivity contribution in [2.24, 2.45) is 11.8 Å². The van der Waals surface area contributed by atoms with Gasteiger partial charge in [0, 0.05) is 5.75 Å². The first-order valence-electron chi connectivity index (χ1n) is 5.66. The molecular formula is C10H19N5OS. The van der Waals surface area contributed by atoms with Gasteiger partial charge in [-0.05, 0) is 11.7 Å². The number of nitrogens with two attached hydrogens (primary N) is 1. The number of amides is 1. The fourth-order valence-electron chi connectivity index (χ4n) is 1.15. The summed E-state index contributed by atoms with van der Waals surface area (Å²) in [6.45, 7) is 5.19. The number of nitrogens with zero attached hydrogens (tertiary/aromatic N) is 3. The zero-order valence-electron chi connectivity index (χ0n) is 10.2. The topological polar surface area (TPSA) is 85.8 Å². The lowest BCUT2D eigenvalue weighted by Gasteiger charge is -2.06. The molecule has 0 saturated heterocycles. The number of hydrogen-bond donors (Lipinski definition) is 2. The summed E-state index contributed by atoms with van der Waals surface area (Å²) in [4.78, 5) is 11.1. The number of carbonyl (C=O) groups excluding carboxylic acids is 1. The first-order chi connectivity index (χ1) is 8.17. The number of nitrogen functional groups attached to an aromatic ring is 1. The van der Waals surface area contributed by atoms with Crippen molar-refractivity contribution in [3.63, 3.8) is 0 Å². The third-order valence-corrected chi connectivity index (χ3v) is 3.74. The Balaban J connectivity index is 2.28. The lowest BCUT2D eigenvalue weighted by Crippen LogP contribution is -2.30. The molecule has 1 unspecified atom stereocenters. The molecule has 3 N–H and O–H groups in total. The van der Waals surface area contributed by atoms with Crippen molar-refractivity contribution in [2.75, 3.05) is 11.5 Å². The van der Waals surface area contributed by atoms with Crippen LogP contribution in [-0.4, -0.2) is 32.4 Å². The summed E-state index contributed by atoms with van der Waals surface area (Å²) in [7, 11) is 0. The Bertz CT molecular complexity index is 354. The monoisotopic (exact) mass is 257 g/mol. The Morgan fingerprint density at radius 3 is 3.12 bits per heavy atom. The van der Waals surface area contributed by atoms with Crippen LogP contribution in [-0.2, 0) is 6.54 Å². The molecule has 1 atom stereocenters. The highest BCUT2D eigenvalue weighted by molar-refractivity contribution is 7.99. The second kappa shape index (κ2) is 7.29. The van der Waals surface area contributed by atoms with Crippen molar-refractivity contribution in [2.45, 2.75) is 26.8 Å². The van der Waals surface area contributed by atoms with Gasteiger partial charge in [0.1, 0.15) is 0 Å². The molecule has 1 aromatic heterocycles. The maximum absolute atomic E-state index is 11.1. The summed E-state index contributed by atoms with van der Waals surface area (Å²) in [6.07, 6.45) is 2.81. The molecule has 1 amide bonds. The van der Waals surface area contributed by atoms with Gasteiger partial charge in [0.15, 0.2) is 5.69 Å². The van der Waals surface area contributed by atoms with Crippen LogP contribution in [0.1, 0.15) is 30.8 Å². The van der Waals surface area contributed by atoms with Gasteiger partial charge in [-0.3, -0.25) is 14.9 Å². The highest BCUT2D eigenvalue weighted by atomic mass is 32.2. The van der Waals surface area contributed by atoms with Crippen LogP contribution < -0.4 is 11.3 Å². The average molecular weight is 257 g/mol. The van der Waals surface area contributed by atoms with Gasteiger partial charge >= 0.3 is 0 Å². The van der Waals surface area contributed by atoms with Gasteiger partial charge in [-0.1, -0.05) is 25.5 Å². The highest BCUT2D eigenvalue weighted by Crippen LogP contribution is 2.11. The minimum absolute atomic E-state index is 0.249. The minimum Gasteiger partial charge on any atom is -0.289 e. The molecule has 0 spiro atoms. The van der Waals surface area contributed by atoms with Crippen molar-refractivity contribution in [1.82, 2.24) is 20.4 Å². The summed E-state index contributed by atoms with van der Waals surface area (Å²) in [5, 5.41) is 7.59. The second-order valence-corrected chi connectivity index (χ2v) is 5.08. The quantitative estimate of drug-likeness (QED) is 0.324. The summed E-state index contributed by atoms with van der Waals surface area (Å²) < 4.78 is 1.66. The normalized spacial score (nSPS) is 12.4. The molecule has 0 aromatic carbocycles. The molecule has 6 nitrogen and oxygen atoms in total. The molecule has 1 aromatic rings. The summed E-state index contributed by atoms with van der Waals surface area (Å²) in [5.74, 6) is 7.46. The van der Waals surface area contributed by atoms with E-state index in [9.17, 15) is 4.79 Å². The fraction of sp³-hybridized carbons (Fsp3) is 0.700. The predicted octanol–water partition coefficient (Wildman–Crippen LogP) is 0.661. The number of hydrazine groups is 1. The number of thioether (sulfide) groups is 1. The molecule has 0 bridgehead atoms. The van der Waals surface area contributed by atoms with E-state index in [0.29, 0.717) is 0 Å². The Kier molecular flexibility index (Phi) is 5.99. The first-order valence-corrected chi connectivity index (χ1v) is 6.81. The maximum atomic E-state index is 11.1. The lowest BCUT2D eigenvalue weighted by molar-refractivity contribution is 0.0948. The van der Waals surface area contributed by atoms with E-state index >= 15 is 0 Å². The Hall–Kier alpha value is -1.08. The van der Waals surface area contributed by atoms with E-state index in [2.05, 4.69) is 24.2 Å². The molecule has 0 fully saturated rings. The molecule has 0 aliphatic rings. The largest absolute Gasteiger partial charge is 0.289 e. The fourth-order valence-corrected chi connectivity index (χ4v) is 2.27. The average Bonchev–Trinajstić information content (AvgIpc) is 2.82. The standard InChI is InChI=1S/C10H19N5OS/c1-3-8(2)7-17-5-4-15-6-9(13-14-15)10(16)12-11/h6,8H,3-5,7,11H2,1-2H3,(H,12,16). The van der Waals surface area contributed by atoms with Crippen molar-refractivity contribution in [3.8, 4) is 0 Å². The molecular weight excluding hydrogens is 238 g/mol. The first kappa shape index (κ1) is 14.0. The molecule has 17 heavy (non-hydrogen) atoms. The molecule has 7 heteroatoms. The zero-order chi connectivity index (χ0) is 12.7. The lowest BCUT2D eigenvalue weighted by atomic mass is 10.2. The molecule has 0 aliphatic carbocycles. The van der Waals surface area contributed by atoms with Crippen molar-refractivity contribution in [3.05, 3.63) is 11.9 Å². The van der Waals surface area contributed by atoms with E-state index < -0.39 is 5.91 Å². The zero-order valence-corrected chi connectivity index (χ0v) is 11.0. The van der Waals surface area contributed by atoms with Crippen LogP contribution in [0.15, 0.2) is 6.20 Å². The van der Waals surface area contributed by atoms with Gasteiger partial charge in [-0.2, -0.15) is 11.8 Å². The number of carbonyl (C=O) groups is 1. The summed E-state index contributed by atoms with van der Waals surface area (Å²) in [6, 6.07) is 0. The predicted molar refractivity (Wildman–Crippen MR) is 68.5 cm³/mol. The number of aromatic nitrogens is 3. The van der Waals surface area contributed by atoms with Gasteiger partial charge < -0.3 is 0 Å². The molecule has 1 rings (SSSR count). The van der Waals surface area contributed by atoms with Gasteiger partial charge in [0.25, 0.3) is 5.91 Å². The third kappa shape index (κ3) is 4.74. The van der Waals surface area contributed by atoms with Gasteiger partial charge in [0.05, 0.1) is 12.7 Å². The number of hydrogen-bond acceptors (Lipinski definition) is 5. The van der Waals surface area contributed by atoms with Crippen LogP contribution in [0, 0.1) is 5.92 Å². The Labute approximate surface area is 105 Å². The number of nitrogens with one attached hydrogen (secondary N) is 1. The Morgan fingerprint density at radius 2 is 2.47 bits per heavy atom. The minimum atomic E-state index is -0.413. The SMILES string of the molecule is CCC(C)CSCCn1cc(C(=O)NN)nn1. The van der Waals surface area contributed by atoms with Gasteiger partial charge in [-0.15, -0.1) is 5.10 Å². The van der Waals surface area contributed by atoms with Crippen molar-refractivity contribution < 1.29 is 4.79 Å². The maximum Gasteiger partial charge on any atom is 0.287 e. The molecule has 0 radical (unpaired) electrons. The molecule has 0 aliphatic heterocycles. The van der Waals surface area contributed by atoms with Crippen molar-refractivity contribution >= 4 is 17.7 Å². The van der Waals surface area contributed by atoms with Gasteiger partial charge in [0.2, 0.25) is 0 Å². The number of rotatable bonds is 7. The van der Waals surface area contributed by atoms with Crippen LogP contribution in [0.3, 0.4) is 0 Å². The number of aryl methyl sites for hydroxylation is 1. The van der Waals surface area contributed by atoms with Crippen LogP contribution in [0.4, 0.5) is 0 Å². The smallest absolute Gasteiger partial charge is 0.287 e. The van der Waals surface area contributed by atoms with E-state index in [1.54, 1.807) is 10.9 Å². The van der Waals surface area contributed by atoms with E-state index in [4.69, 9.17) is 5.84 Å². The van der Waals surface area contributed by atoms with E-state index in [1.807, 2.05) is 17.2 Å². The van der Waals surface area contributed by atoms with E-state index in [1.165, 1.54) is 6.42 Å². The van der Waals surface area contributed by atoms with Crippen LogP contribution in [0.25, 0.3) is 0 Å². The van der Waals surface area contributed by atoms with Crippen molar-refractivity contribution in [1.29, 1.82) is 0 Å². The van der Waals surface area contributed by atoms with E-state index in [0.717, 1.165) is 24.0 Å². The van der Waals surface area contributed by atoms with Crippen LogP contribution in [0.5, 0.6) is 0 Å². The van der Waals surface area contributed by atoms with Crippen LogP contribution >= 0.6 is 11.8 Å². The van der Waals surface area contributed by atoms with Crippen LogP contribution in [0.2, 0.25) is 0 Å². The van der Waals surface area contributed by atoms with Gasteiger partial charge in [-0.25, -0.2) is 5.84 Å². The third-order valence-electron chi connectivity index (χ3n) is 2.47.